The fourth-order valence-electron chi connectivity index (χ4n) is 1.57. The third kappa shape index (κ3) is 3.26. The van der Waals surface area contributed by atoms with Crippen molar-refractivity contribution in [1.29, 1.82) is 0 Å². The van der Waals surface area contributed by atoms with E-state index >= 15 is 0 Å². The van der Waals surface area contributed by atoms with Crippen LogP contribution in [0.1, 0.15) is 25.1 Å². The Labute approximate surface area is 110 Å². The molecule has 5 heteroatoms. The van der Waals surface area contributed by atoms with Crippen molar-refractivity contribution in [2.45, 2.75) is 19.4 Å². The Morgan fingerprint density at radius 3 is 2.63 bits per heavy atom. The van der Waals surface area contributed by atoms with Gasteiger partial charge >= 0.3 is 0 Å². The van der Waals surface area contributed by atoms with E-state index in [0.717, 1.165) is 24.2 Å². The van der Waals surface area contributed by atoms with Gasteiger partial charge in [0.15, 0.2) is 11.6 Å². The molecule has 0 aliphatic heterocycles. The quantitative estimate of drug-likeness (QED) is 0.918. The predicted octanol–water partition coefficient (Wildman–Crippen LogP) is 3.56. The van der Waals surface area contributed by atoms with Crippen molar-refractivity contribution in [1.82, 2.24) is 4.98 Å². The second-order valence-corrected chi connectivity index (χ2v) is 4.11. The summed E-state index contributed by atoms with van der Waals surface area (Å²) >= 11 is 0. The van der Waals surface area contributed by atoms with Crippen LogP contribution < -0.4 is 10.5 Å². The van der Waals surface area contributed by atoms with Crippen molar-refractivity contribution in [2.24, 2.45) is 5.73 Å². The molecule has 1 atom stereocenters. The highest BCUT2D eigenvalue weighted by Gasteiger charge is 2.08. The second-order valence-electron chi connectivity index (χ2n) is 4.11. The van der Waals surface area contributed by atoms with Gasteiger partial charge in [-0.05, 0) is 30.7 Å². The van der Waals surface area contributed by atoms with Crippen LogP contribution in [0.2, 0.25) is 0 Å². The Hall–Kier alpha value is -2.01. The van der Waals surface area contributed by atoms with E-state index in [4.69, 9.17) is 10.5 Å². The summed E-state index contributed by atoms with van der Waals surface area (Å²) in [5.74, 6) is -1.07. The van der Waals surface area contributed by atoms with Crippen LogP contribution >= 0.6 is 0 Å². The van der Waals surface area contributed by atoms with E-state index in [0.29, 0.717) is 5.75 Å². The first-order valence-electron chi connectivity index (χ1n) is 5.94. The topological polar surface area (TPSA) is 48.1 Å². The fraction of sp³-hybridized carbons (Fsp3) is 0.214. The normalized spacial score (nSPS) is 12.2. The predicted molar refractivity (Wildman–Crippen MR) is 67.9 cm³/mol. The molecule has 0 aliphatic rings. The van der Waals surface area contributed by atoms with E-state index in [1.165, 1.54) is 12.3 Å². The molecule has 0 fully saturated rings. The number of hydrogen-bond donors (Lipinski definition) is 1. The van der Waals surface area contributed by atoms with Crippen molar-refractivity contribution in [2.75, 3.05) is 0 Å². The van der Waals surface area contributed by atoms with E-state index in [2.05, 4.69) is 4.98 Å². The maximum Gasteiger partial charge on any atom is 0.168 e. The Morgan fingerprint density at radius 1 is 1.26 bits per heavy atom. The molecule has 0 amide bonds. The van der Waals surface area contributed by atoms with Gasteiger partial charge in [-0.15, -0.1) is 0 Å². The van der Waals surface area contributed by atoms with Crippen molar-refractivity contribution < 1.29 is 13.5 Å². The minimum Gasteiger partial charge on any atom is -0.453 e. The molecular formula is C14H14F2N2O. The number of aromatic nitrogens is 1. The maximum atomic E-state index is 13.4. The summed E-state index contributed by atoms with van der Waals surface area (Å²) in [4.78, 5) is 4.15. The number of nitrogens with zero attached hydrogens (tertiary/aromatic N) is 1. The smallest absolute Gasteiger partial charge is 0.168 e. The van der Waals surface area contributed by atoms with Gasteiger partial charge in [-0.3, -0.25) is 4.98 Å². The summed E-state index contributed by atoms with van der Waals surface area (Å²) in [7, 11) is 0. The number of benzene rings is 1. The average Bonchev–Trinajstić information content (AvgIpc) is 2.42. The largest absolute Gasteiger partial charge is 0.453 e. The van der Waals surface area contributed by atoms with Crippen LogP contribution in [0.4, 0.5) is 8.78 Å². The zero-order valence-electron chi connectivity index (χ0n) is 10.4. The zero-order chi connectivity index (χ0) is 13.8. The zero-order valence-corrected chi connectivity index (χ0v) is 10.4. The minimum absolute atomic E-state index is 0.0456. The summed E-state index contributed by atoms with van der Waals surface area (Å²) in [6.07, 6.45) is 2.24. The Bertz CT molecular complexity index is 558. The van der Waals surface area contributed by atoms with E-state index in [1.807, 2.05) is 6.92 Å². The molecule has 0 saturated carbocycles. The lowest BCUT2D eigenvalue weighted by Gasteiger charge is -2.10. The summed E-state index contributed by atoms with van der Waals surface area (Å²) < 4.78 is 31.4. The molecule has 2 rings (SSSR count). The summed E-state index contributed by atoms with van der Waals surface area (Å²) in [5, 5.41) is 0. The average molecular weight is 264 g/mol. The molecule has 0 aliphatic carbocycles. The van der Waals surface area contributed by atoms with E-state index in [9.17, 15) is 8.78 Å². The van der Waals surface area contributed by atoms with Crippen LogP contribution in [0.3, 0.4) is 0 Å². The SMILES string of the molecule is CC[C@H](N)c1ccc(Oc2ccc(F)cc2F)cn1. The monoisotopic (exact) mass is 264 g/mol. The molecule has 3 nitrogen and oxygen atoms in total. The Kier molecular flexibility index (Phi) is 4.06. The molecular weight excluding hydrogens is 250 g/mol. The first-order valence-corrected chi connectivity index (χ1v) is 5.94. The summed E-state index contributed by atoms with van der Waals surface area (Å²) in [6.45, 7) is 1.96. The first-order chi connectivity index (χ1) is 9.10. The number of ether oxygens (including phenoxy) is 1. The lowest BCUT2D eigenvalue weighted by atomic mass is 10.1. The van der Waals surface area contributed by atoms with Gasteiger partial charge in [-0.2, -0.15) is 0 Å². The van der Waals surface area contributed by atoms with E-state index in [1.54, 1.807) is 12.1 Å². The van der Waals surface area contributed by atoms with Crippen molar-refractivity contribution in [3.63, 3.8) is 0 Å². The highest BCUT2D eigenvalue weighted by atomic mass is 19.1. The number of pyridine rings is 1. The minimum atomic E-state index is -0.755. The molecule has 0 unspecified atom stereocenters. The highest BCUT2D eigenvalue weighted by Crippen LogP contribution is 2.25. The molecule has 0 radical (unpaired) electrons. The van der Waals surface area contributed by atoms with Crippen LogP contribution in [0.25, 0.3) is 0 Å². The third-order valence-electron chi connectivity index (χ3n) is 2.70. The fourth-order valence-corrected chi connectivity index (χ4v) is 1.57. The van der Waals surface area contributed by atoms with Gasteiger partial charge in [0.25, 0.3) is 0 Å². The molecule has 0 spiro atoms. The molecule has 2 N–H and O–H groups in total. The summed E-state index contributed by atoms with van der Waals surface area (Å²) in [5.41, 5.74) is 6.58. The van der Waals surface area contributed by atoms with Crippen molar-refractivity contribution >= 4 is 0 Å². The van der Waals surface area contributed by atoms with Gasteiger partial charge in [0.1, 0.15) is 11.6 Å². The second kappa shape index (κ2) is 5.75. The maximum absolute atomic E-state index is 13.4. The van der Waals surface area contributed by atoms with Crippen LogP contribution in [0, 0.1) is 11.6 Å². The standard InChI is InChI=1S/C14H14F2N2O/c1-2-12(17)13-5-4-10(8-18-13)19-14-6-3-9(15)7-11(14)16/h3-8,12H,2,17H2,1H3/t12-/m0/s1. The number of nitrogens with two attached hydrogens (primary N) is 1. The van der Waals surface area contributed by atoms with E-state index in [-0.39, 0.29) is 11.8 Å². The lowest BCUT2D eigenvalue weighted by Crippen LogP contribution is -2.10. The third-order valence-corrected chi connectivity index (χ3v) is 2.70. The van der Waals surface area contributed by atoms with Crippen LogP contribution in [-0.2, 0) is 0 Å². The lowest BCUT2D eigenvalue weighted by molar-refractivity contribution is 0.435. The molecule has 0 saturated heterocycles. The van der Waals surface area contributed by atoms with Gasteiger partial charge < -0.3 is 10.5 Å². The van der Waals surface area contributed by atoms with Crippen LogP contribution in [0.5, 0.6) is 11.5 Å². The Morgan fingerprint density at radius 2 is 2.05 bits per heavy atom. The van der Waals surface area contributed by atoms with Gasteiger partial charge in [-0.1, -0.05) is 6.92 Å². The van der Waals surface area contributed by atoms with E-state index < -0.39 is 11.6 Å². The van der Waals surface area contributed by atoms with Crippen LogP contribution in [-0.4, -0.2) is 4.98 Å². The highest BCUT2D eigenvalue weighted by molar-refractivity contribution is 5.31. The number of halogens is 2. The molecule has 100 valence electrons. The van der Waals surface area contributed by atoms with Gasteiger partial charge in [0, 0.05) is 12.1 Å². The molecule has 19 heavy (non-hydrogen) atoms. The molecule has 0 bridgehead atoms. The summed E-state index contributed by atoms with van der Waals surface area (Å²) in [6, 6.07) is 6.39. The molecule has 1 heterocycles. The van der Waals surface area contributed by atoms with Gasteiger partial charge in [0.2, 0.25) is 0 Å². The van der Waals surface area contributed by atoms with Crippen LogP contribution in [0.15, 0.2) is 36.5 Å². The molecule has 1 aromatic carbocycles. The number of rotatable bonds is 4. The van der Waals surface area contributed by atoms with Gasteiger partial charge in [-0.25, -0.2) is 8.78 Å². The molecule has 1 aromatic heterocycles. The first kappa shape index (κ1) is 13.4. The van der Waals surface area contributed by atoms with Crippen molar-refractivity contribution in [3.05, 3.63) is 53.9 Å². The van der Waals surface area contributed by atoms with Gasteiger partial charge in [0.05, 0.1) is 11.9 Å². The molecule has 2 aromatic rings. The Balaban J connectivity index is 2.15. The van der Waals surface area contributed by atoms with Crippen molar-refractivity contribution in [3.8, 4) is 11.5 Å². The number of hydrogen-bond acceptors (Lipinski definition) is 3.